The van der Waals surface area contributed by atoms with Gasteiger partial charge in [-0.25, -0.2) is 18.0 Å². The molecule has 0 saturated heterocycles. The summed E-state index contributed by atoms with van der Waals surface area (Å²) in [5.74, 6) is -6.95. The summed E-state index contributed by atoms with van der Waals surface area (Å²) in [7, 11) is 0. The number of nitrogens with one attached hydrogen (secondary N) is 2. The first kappa shape index (κ1) is 33.6. The molecule has 3 rings (SSSR count). The Morgan fingerprint density at radius 1 is 1.00 bits per heavy atom. The maximum atomic E-state index is 14.6. The highest BCUT2D eigenvalue weighted by Gasteiger charge is 2.40. The number of ether oxygens (including phenoxy) is 1. The van der Waals surface area contributed by atoms with Gasteiger partial charge in [0.15, 0.2) is 17.5 Å². The normalized spacial score (nSPS) is 15.7. The minimum absolute atomic E-state index is 0.0995. The van der Waals surface area contributed by atoms with E-state index in [0.717, 1.165) is 4.57 Å². The number of carbonyl (C=O) groups excluding carboxylic acids is 3. The molecule has 0 spiro atoms. The lowest BCUT2D eigenvalue weighted by molar-refractivity contribution is -0.148. The first-order valence-corrected chi connectivity index (χ1v) is 13.6. The summed E-state index contributed by atoms with van der Waals surface area (Å²) >= 11 is 0. The van der Waals surface area contributed by atoms with Crippen LogP contribution in [0.4, 0.5) is 31.1 Å². The van der Waals surface area contributed by atoms with E-state index in [0.29, 0.717) is 18.6 Å². The fraction of sp³-hybridized carbons (Fsp3) is 0.593. The Hall–Kier alpha value is -3.85. The lowest BCUT2D eigenvalue weighted by atomic mass is 9.96. The third-order valence-electron chi connectivity index (χ3n) is 6.85. The number of alkyl halides is 3. The fourth-order valence-electron chi connectivity index (χ4n) is 4.51. The van der Waals surface area contributed by atoms with Gasteiger partial charge in [-0.1, -0.05) is 20.3 Å². The molecular formula is C27H34F6N6O4. The van der Waals surface area contributed by atoms with Crippen molar-refractivity contribution in [1.82, 2.24) is 30.3 Å². The number of benzene rings is 1. The minimum atomic E-state index is -4.74. The molecule has 1 aliphatic rings. The van der Waals surface area contributed by atoms with Gasteiger partial charge in [-0.15, -0.1) is 10.2 Å². The summed E-state index contributed by atoms with van der Waals surface area (Å²) in [4.78, 5) is 40.3. The summed E-state index contributed by atoms with van der Waals surface area (Å²) in [6.07, 6.45) is -6.08. The second kappa shape index (κ2) is 13.2. The molecule has 0 bridgehead atoms. The van der Waals surface area contributed by atoms with E-state index in [-0.39, 0.29) is 31.0 Å². The number of carbonyl (C=O) groups is 3. The van der Waals surface area contributed by atoms with Gasteiger partial charge in [-0.2, -0.15) is 13.2 Å². The fourth-order valence-corrected chi connectivity index (χ4v) is 4.51. The number of alkyl carbamates (subject to hydrolysis) is 1. The molecule has 2 heterocycles. The Balaban J connectivity index is 1.83. The summed E-state index contributed by atoms with van der Waals surface area (Å²) in [6.45, 7) is 7.69. The lowest BCUT2D eigenvalue weighted by Gasteiger charge is -2.31. The van der Waals surface area contributed by atoms with Crippen molar-refractivity contribution in [2.75, 3.05) is 6.54 Å². The highest BCUT2D eigenvalue weighted by molar-refractivity contribution is 5.87. The van der Waals surface area contributed by atoms with Gasteiger partial charge in [0.25, 0.3) is 0 Å². The Bertz CT molecular complexity index is 1340. The van der Waals surface area contributed by atoms with Crippen LogP contribution in [0.25, 0.3) is 0 Å². The van der Waals surface area contributed by atoms with Crippen LogP contribution in [0.1, 0.15) is 64.7 Å². The third kappa shape index (κ3) is 8.83. The van der Waals surface area contributed by atoms with E-state index in [4.69, 9.17) is 4.74 Å². The first-order valence-electron chi connectivity index (χ1n) is 13.6. The van der Waals surface area contributed by atoms with Gasteiger partial charge in [0.1, 0.15) is 17.5 Å². The van der Waals surface area contributed by atoms with Crippen LogP contribution >= 0.6 is 0 Å². The van der Waals surface area contributed by atoms with Crippen molar-refractivity contribution < 1.29 is 45.5 Å². The first-order chi connectivity index (χ1) is 19.9. The minimum Gasteiger partial charge on any atom is -0.444 e. The summed E-state index contributed by atoms with van der Waals surface area (Å²) in [5.41, 5.74) is -1.19. The quantitative estimate of drug-likeness (QED) is 0.322. The van der Waals surface area contributed by atoms with E-state index in [9.17, 15) is 40.7 Å². The topological polar surface area (TPSA) is 118 Å². The average Bonchev–Trinajstić information content (AvgIpc) is 3.33. The molecular weight excluding hydrogens is 586 g/mol. The highest BCUT2D eigenvalue weighted by Crippen LogP contribution is 2.29. The van der Waals surface area contributed by atoms with Gasteiger partial charge in [0, 0.05) is 31.6 Å². The molecule has 0 fully saturated rings. The van der Waals surface area contributed by atoms with Crippen LogP contribution in [0.15, 0.2) is 12.1 Å². The molecule has 10 nitrogen and oxygen atoms in total. The van der Waals surface area contributed by atoms with Crippen LogP contribution in [-0.4, -0.2) is 61.8 Å². The van der Waals surface area contributed by atoms with Gasteiger partial charge in [-0.05, 0) is 44.7 Å². The number of nitrogens with zero attached hydrogens (tertiary/aromatic N) is 4. The predicted molar refractivity (Wildman–Crippen MR) is 140 cm³/mol. The second-order valence-electron chi connectivity index (χ2n) is 11.4. The third-order valence-corrected chi connectivity index (χ3v) is 6.85. The zero-order chi connectivity index (χ0) is 32.3. The van der Waals surface area contributed by atoms with E-state index < -0.39 is 83.8 Å². The smallest absolute Gasteiger partial charge is 0.444 e. The zero-order valence-corrected chi connectivity index (χ0v) is 24.3. The van der Waals surface area contributed by atoms with Crippen LogP contribution in [-0.2, 0) is 40.0 Å². The summed E-state index contributed by atoms with van der Waals surface area (Å²) < 4.78 is 87.8. The maximum Gasteiger partial charge on any atom is 0.451 e. The van der Waals surface area contributed by atoms with Crippen LogP contribution in [0, 0.1) is 23.4 Å². The molecule has 0 aliphatic carbocycles. The molecule has 1 aliphatic heterocycles. The molecule has 1 aromatic carbocycles. The molecule has 2 N–H and O–H groups in total. The SMILES string of the molecule is CCC(C)C(NC(=O)OC(C)(C)C)C(=O)N[C@@H](CC(=O)N1CCn2c(nnc2C(F)(F)F)C1)Cc1cc(F)c(F)cc1F. The van der Waals surface area contributed by atoms with Crippen LogP contribution < -0.4 is 10.6 Å². The van der Waals surface area contributed by atoms with Crippen molar-refractivity contribution >= 4 is 17.9 Å². The Morgan fingerprint density at radius 2 is 1.65 bits per heavy atom. The number of hydrogen-bond donors (Lipinski definition) is 2. The number of aromatic nitrogens is 3. The van der Waals surface area contributed by atoms with E-state index >= 15 is 0 Å². The number of rotatable bonds is 9. The van der Waals surface area contributed by atoms with Crippen molar-refractivity contribution in [2.24, 2.45) is 5.92 Å². The molecule has 3 amide bonds. The highest BCUT2D eigenvalue weighted by atomic mass is 19.4. The Morgan fingerprint density at radius 3 is 2.26 bits per heavy atom. The average molecular weight is 621 g/mol. The molecule has 16 heteroatoms. The number of fused-ring (bicyclic) bond motifs is 1. The number of hydrogen-bond acceptors (Lipinski definition) is 6. The molecule has 2 unspecified atom stereocenters. The predicted octanol–water partition coefficient (Wildman–Crippen LogP) is 4.11. The standard InChI is InChI=1S/C27H34F6N6O4/c1-6-14(2)22(35-25(42)43-26(3,4)5)23(41)34-16(9-15-10-18(29)19(30)12-17(15)28)11-21(40)38-7-8-39-20(13-38)36-37-24(39)27(31,32)33/h10,12,14,16,22H,6-9,11,13H2,1-5H3,(H,34,41)(H,35,42)/t14?,16-,22?/m1/s1. The lowest BCUT2D eigenvalue weighted by Crippen LogP contribution is -2.54. The maximum absolute atomic E-state index is 14.6. The van der Waals surface area contributed by atoms with Gasteiger partial charge < -0.3 is 24.8 Å². The molecule has 3 atom stereocenters. The van der Waals surface area contributed by atoms with Gasteiger partial charge in [0.2, 0.25) is 17.6 Å². The summed E-state index contributed by atoms with van der Waals surface area (Å²) in [5, 5.41) is 11.8. The number of halogens is 6. The van der Waals surface area contributed by atoms with Crippen molar-refractivity contribution in [2.45, 2.75) is 90.8 Å². The van der Waals surface area contributed by atoms with Crippen molar-refractivity contribution in [3.63, 3.8) is 0 Å². The largest absolute Gasteiger partial charge is 0.451 e. The molecule has 1 aromatic heterocycles. The Kier molecular flexibility index (Phi) is 10.3. The van der Waals surface area contributed by atoms with Crippen LogP contribution in [0.2, 0.25) is 0 Å². The second-order valence-corrected chi connectivity index (χ2v) is 11.4. The van der Waals surface area contributed by atoms with E-state index in [1.807, 2.05) is 0 Å². The van der Waals surface area contributed by atoms with Crippen LogP contribution in [0.5, 0.6) is 0 Å². The van der Waals surface area contributed by atoms with Gasteiger partial charge >= 0.3 is 12.3 Å². The molecule has 238 valence electrons. The van der Waals surface area contributed by atoms with E-state index in [1.165, 1.54) is 4.90 Å². The van der Waals surface area contributed by atoms with E-state index in [1.54, 1.807) is 34.6 Å². The van der Waals surface area contributed by atoms with Crippen LogP contribution in [0.3, 0.4) is 0 Å². The van der Waals surface area contributed by atoms with Gasteiger partial charge in [-0.3, -0.25) is 9.59 Å². The summed E-state index contributed by atoms with van der Waals surface area (Å²) in [6, 6.07) is -1.37. The Labute approximate surface area is 244 Å². The number of amides is 3. The molecule has 0 radical (unpaired) electrons. The monoisotopic (exact) mass is 620 g/mol. The van der Waals surface area contributed by atoms with Crippen molar-refractivity contribution in [3.8, 4) is 0 Å². The zero-order valence-electron chi connectivity index (χ0n) is 24.3. The van der Waals surface area contributed by atoms with Gasteiger partial charge in [0.05, 0.1) is 6.54 Å². The molecule has 2 aromatic rings. The molecule has 43 heavy (non-hydrogen) atoms. The molecule has 0 saturated carbocycles. The van der Waals surface area contributed by atoms with Crippen molar-refractivity contribution in [1.29, 1.82) is 0 Å². The van der Waals surface area contributed by atoms with Crippen molar-refractivity contribution in [3.05, 3.63) is 46.8 Å². The van der Waals surface area contributed by atoms with E-state index in [2.05, 4.69) is 20.8 Å².